The van der Waals surface area contributed by atoms with Gasteiger partial charge in [-0.3, -0.25) is 0 Å². The molecule has 0 aliphatic rings. The Labute approximate surface area is 78.9 Å². The highest BCUT2D eigenvalue weighted by molar-refractivity contribution is 7.16. The molecular formula is C10H7N2S+. The summed E-state index contributed by atoms with van der Waals surface area (Å²) in [5.74, 6) is 0. The van der Waals surface area contributed by atoms with Crippen molar-refractivity contribution in [2.45, 2.75) is 0 Å². The average molecular weight is 187 g/mol. The third-order valence-electron chi connectivity index (χ3n) is 2.07. The fourth-order valence-corrected chi connectivity index (χ4v) is 2.15. The second-order valence-corrected chi connectivity index (χ2v) is 3.82. The predicted molar refractivity (Wildman–Crippen MR) is 53.7 cm³/mol. The van der Waals surface area contributed by atoms with Crippen LogP contribution in [0.2, 0.25) is 0 Å². The van der Waals surface area contributed by atoms with Crippen LogP contribution < -0.4 is 4.98 Å². The smallest absolute Gasteiger partial charge is 0.234 e. The normalized spacial score (nSPS) is 11.1. The third kappa shape index (κ3) is 1.01. The van der Waals surface area contributed by atoms with Crippen molar-refractivity contribution in [1.29, 1.82) is 0 Å². The molecule has 1 N–H and O–H groups in total. The number of pyridine rings is 1. The van der Waals surface area contributed by atoms with Crippen LogP contribution in [0.25, 0.3) is 21.3 Å². The van der Waals surface area contributed by atoms with E-state index in [0.29, 0.717) is 0 Å². The first-order valence-corrected chi connectivity index (χ1v) is 4.96. The molecule has 13 heavy (non-hydrogen) atoms. The number of thiazole rings is 1. The molecular weight excluding hydrogens is 180 g/mol. The van der Waals surface area contributed by atoms with Crippen LogP contribution in [-0.4, -0.2) is 4.98 Å². The zero-order chi connectivity index (χ0) is 8.67. The van der Waals surface area contributed by atoms with Gasteiger partial charge in [0.25, 0.3) is 0 Å². The molecule has 0 unspecified atom stereocenters. The van der Waals surface area contributed by atoms with Gasteiger partial charge < -0.3 is 0 Å². The molecule has 0 saturated carbocycles. The highest BCUT2D eigenvalue weighted by Crippen LogP contribution is 2.19. The summed E-state index contributed by atoms with van der Waals surface area (Å²) in [5.41, 5.74) is 3.98. The van der Waals surface area contributed by atoms with Gasteiger partial charge in [0.05, 0.1) is 0 Å². The van der Waals surface area contributed by atoms with Gasteiger partial charge in [0.1, 0.15) is 10.2 Å². The van der Waals surface area contributed by atoms with Crippen molar-refractivity contribution in [1.82, 2.24) is 4.98 Å². The summed E-state index contributed by atoms with van der Waals surface area (Å²) >= 11 is 1.68. The summed E-state index contributed by atoms with van der Waals surface area (Å²) < 4.78 is 1.21. The largest absolute Gasteiger partial charge is 0.339 e. The molecule has 0 aliphatic carbocycles. The number of rotatable bonds is 0. The summed E-state index contributed by atoms with van der Waals surface area (Å²) in [6.45, 7) is 0. The molecule has 0 atom stereocenters. The van der Waals surface area contributed by atoms with Gasteiger partial charge in [0, 0.05) is 5.39 Å². The van der Waals surface area contributed by atoms with Gasteiger partial charge in [0.15, 0.2) is 5.52 Å². The number of H-pyrrole nitrogens is 1. The third-order valence-corrected chi connectivity index (χ3v) is 2.87. The van der Waals surface area contributed by atoms with Crippen LogP contribution in [0.5, 0.6) is 0 Å². The number of aromatic amines is 1. The van der Waals surface area contributed by atoms with Gasteiger partial charge in [0.2, 0.25) is 0 Å². The number of nitrogens with zero attached hydrogens (tertiary/aromatic N) is 1. The number of benzene rings is 1. The first-order valence-electron chi connectivity index (χ1n) is 4.08. The van der Waals surface area contributed by atoms with Gasteiger partial charge in [-0.15, -0.1) is 0 Å². The molecule has 3 aromatic rings. The van der Waals surface area contributed by atoms with Crippen molar-refractivity contribution in [2.24, 2.45) is 0 Å². The Morgan fingerprint density at radius 3 is 3.15 bits per heavy atom. The Morgan fingerprint density at radius 1 is 1.23 bits per heavy atom. The Morgan fingerprint density at radius 2 is 2.15 bits per heavy atom. The molecule has 2 heterocycles. The number of aromatic nitrogens is 2. The Kier molecular flexibility index (Phi) is 1.34. The van der Waals surface area contributed by atoms with Crippen molar-refractivity contribution < 1.29 is 4.98 Å². The number of fused-ring (bicyclic) bond motifs is 2. The molecule has 0 spiro atoms. The number of nitrogens with one attached hydrogen (secondary N) is 1. The minimum absolute atomic E-state index is 0.976. The lowest BCUT2D eigenvalue weighted by Gasteiger charge is -1.88. The maximum Gasteiger partial charge on any atom is 0.339 e. The lowest BCUT2D eigenvalue weighted by atomic mass is 10.2. The Hall–Kier alpha value is -1.48. The standard InChI is InChI=1S/C10H6N2S/c1-2-4-8-7(3-1)5-9-10(12-8)11-6-13-9/h1-6H/p+1. The molecule has 3 rings (SSSR count). The van der Waals surface area contributed by atoms with E-state index in [1.807, 2.05) is 23.7 Å². The Balaban J connectivity index is 2.57. The van der Waals surface area contributed by atoms with E-state index < -0.39 is 0 Å². The number of hydrogen-bond acceptors (Lipinski definition) is 2. The predicted octanol–water partition coefficient (Wildman–Crippen LogP) is 2.26. The minimum Gasteiger partial charge on any atom is -0.234 e. The average Bonchev–Trinajstić information content (AvgIpc) is 2.61. The van der Waals surface area contributed by atoms with Crippen molar-refractivity contribution in [3.63, 3.8) is 0 Å². The number of hydrogen-bond donors (Lipinski definition) is 0. The second-order valence-electron chi connectivity index (χ2n) is 2.91. The van der Waals surface area contributed by atoms with E-state index in [1.54, 1.807) is 11.3 Å². The Bertz CT molecular complexity index is 521. The highest BCUT2D eigenvalue weighted by atomic mass is 32.1. The monoisotopic (exact) mass is 187 g/mol. The molecule has 62 valence electrons. The van der Waals surface area contributed by atoms with Gasteiger partial charge >= 0.3 is 5.65 Å². The second kappa shape index (κ2) is 2.50. The maximum absolute atomic E-state index is 4.49. The van der Waals surface area contributed by atoms with E-state index >= 15 is 0 Å². The van der Waals surface area contributed by atoms with E-state index in [0.717, 1.165) is 11.2 Å². The van der Waals surface area contributed by atoms with E-state index in [-0.39, 0.29) is 0 Å². The summed E-state index contributed by atoms with van der Waals surface area (Å²) in [5, 5.41) is 1.20. The fraction of sp³-hybridized carbons (Fsp3) is 0. The van der Waals surface area contributed by atoms with E-state index in [1.165, 1.54) is 10.1 Å². The van der Waals surface area contributed by atoms with Crippen molar-refractivity contribution in [3.8, 4) is 0 Å². The van der Waals surface area contributed by atoms with Crippen LogP contribution in [0.4, 0.5) is 0 Å². The van der Waals surface area contributed by atoms with E-state index in [4.69, 9.17) is 0 Å². The molecule has 0 amide bonds. The first kappa shape index (κ1) is 6.97. The zero-order valence-corrected chi connectivity index (χ0v) is 7.64. The van der Waals surface area contributed by atoms with Crippen LogP contribution in [-0.2, 0) is 0 Å². The highest BCUT2D eigenvalue weighted by Gasteiger charge is 2.07. The van der Waals surface area contributed by atoms with Gasteiger partial charge in [-0.1, -0.05) is 29.5 Å². The molecule has 2 aromatic heterocycles. The summed E-state index contributed by atoms with van der Waals surface area (Å²) in [7, 11) is 0. The van der Waals surface area contributed by atoms with Crippen LogP contribution in [0.15, 0.2) is 35.8 Å². The van der Waals surface area contributed by atoms with Crippen LogP contribution in [0.3, 0.4) is 0 Å². The lowest BCUT2D eigenvalue weighted by Crippen LogP contribution is -1.96. The van der Waals surface area contributed by atoms with Crippen molar-refractivity contribution in [3.05, 3.63) is 35.8 Å². The molecule has 0 bridgehead atoms. The topological polar surface area (TPSA) is 27.0 Å². The van der Waals surface area contributed by atoms with E-state index in [9.17, 15) is 0 Å². The molecule has 3 heteroatoms. The minimum atomic E-state index is 0.976. The fourth-order valence-electron chi connectivity index (χ4n) is 1.44. The van der Waals surface area contributed by atoms with E-state index in [2.05, 4.69) is 22.1 Å². The summed E-state index contributed by atoms with van der Waals surface area (Å²) in [6, 6.07) is 10.3. The summed E-state index contributed by atoms with van der Waals surface area (Å²) in [6.07, 6.45) is 0. The molecule has 2 nitrogen and oxygen atoms in total. The van der Waals surface area contributed by atoms with Crippen LogP contribution >= 0.6 is 11.3 Å². The molecule has 0 saturated heterocycles. The quantitative estimate of drug-likeness (QED) is 0.530. The lowest BCUT2D eigenvalue weighted by molar-refractivity contribution is -0.340. The summed E-state index contributed by atoms with van der Waals surface area (Å²) in [4.78, 5) is 7.61. The van der Waals surface area contributed by atoms with Crippen molar-refractivity contribution >= 4 is 32.6 Å². The first-order chi connectivity index (χ1) is 6.43. The van der Waals surface area contributed by atoms with Crippen LogP contribution in [0.1, 0.15) is 0 Å². The zero-order valence-electron chi connectivity index (χ0n) is 6.82. The molecule has 0 aliphatic heterocycles. The number of para-hydroxylation sites is 1. The van der Waals surface area contributed by atoms with Crippen LogP contribution in [0, 0.1) is 0 Å². The SMILES string of the molecule is c1ccc2nc3[nH+]csc3cc2c1. The van der Waals surface area contributed by atoms with Crippen molar-refractivity contribution in [2.75, 3.05) is 0 Å². The molecule has 0 fully saturated rings. The van der Waals surface area contributed by atoms with Gasteiger partial charge in [-0.25, -0.2) is 4.98 Å². The van der Waals surface area contributed by atoms with Gasteiger partial charge in [-0.2, -0.15) is 0 Å². The molecule has 0 radical (unpaired) electrons. The maximum atomic E-state index is 4.49. The van der Waals surface area contributed by atoms with Gasteiger partial charge in [-0.05, 0) is 17.1 Å². The molecule has 1 aromatic carbocycles.